The Labute approximate surface area is 104 Å². The number of rotatable bonds is 3. The third-order valence-electron chi connectivity index (χ3n) is 2.59. The molecule has 1 heterocycles. The highest BCUT2D eigenvalue weighted by Gasteiger charge is 2.21. The lowest BCUT2D eigenvalue weighted by Gasteiger charge is -2.19. The Balaban J connectivity index is 2.73. The Morgan fingerprint density at radius 3 is 2.59 bits per heavy atom. The molecule has 17 heavy (non-hydrogen) atoms. The zero-order valence-corrected chi connectivity index (χ0v) is 11.4. The number of amides is 1. The van der Waals surface area contributed by atoms with Crippen molar-refractivity contribution in [2.75, 3.05) is 0 Å². The summed E-state index contributed by atoms with van der Waals surface area (Å²) >= 11 is 0. The van der Waals surface area contributed by atoms with Crippen molar-refractivity contribution in [1.82, 2.24) is 10.3 Å². The predicted octanol–water partition coefficient (Wildman–Crippen LogP) is 2.87. The van der Waals surface area contributed by atoms with Gasteiger partial charge in [-0.15, -0.1) is 0 Å². The third kappa shape index (κ3) is 3.84. The number of hydrogen-bond donors (Lipinski definition) is 1. The van der Waals surface area contributed by atoms with Crippen molar-refractivity contribution >= 4 is 5.91 Å². The van der Waals surface area contributed by atoms with Crippen molar-refractivity contribution in [2.45, 2.75) is 47.1 Å². The Kier molecular flexibility index (Phi) is 4.27. The van der Waals surface area contributed by atoms with Gasteiger partial charge in [-0.3, -0.25) is 9.78 Å². The van der Waals surface area contributed by atoms with E-state index in [1.54, 1.807) is 6.20 Å². The van der Waals surface area contributed by atoms with E-state index in [1.165, 1.54) is 0 Å². The molecule has 0 aliphatic heterocycles. The van der Waals surface area contributed by atoms with Gasteiger partial charge in [0.1, 0.15) is 0 Å². The van der Waals surface area contributed by atoms with Gasteiger partial charge in [-0.05, 0) is 17.5 Å². The number of carbonyl (C=O) groups is 1. The molecule has 0 atom stereocenters. The smallest absolute Gasteiger partial charge is 0.225 e. The minimum absolute atomic E-state index is 0.0658. The lowest BCUT2D eigenvalue weighted by atomic mass is 9.95. The Morgan fingerprint density at radius 2 is 2.06 bits per heavy atom. The van der Waals surface area contributed by atoms with Gasteiger partial charge in [-0.25, -0.2) is 0 Å². The normalized spacial score (nSPS) is 11.6. The molecule has 94 valence electrons. The summed E-state index contributed by atoms with van der Waals surface area (Å²) in [4.78, 5) is 16.2. The summed E-state index contributed by atoms with van der Waals surface area (Å²) in [5, 5.41) is 2.96. The molecule has 0 aliphatic rings. The molecule has 0 unspecified atom stereocenters. The van der Waals surface area contributed by atoms with Gasteiger partial charge in [0.2, 0.25) is 5.91 Å². The Hall–Kier alpha value is -1.38. The van der Waals surface area contributed by atoms with Crippen LogP contribution in [0, 0.1) is 5.41 Å². The minimum atomic E-state index is -0.347. The SMILES string of the molecule is CC(C)c1ncccc1CNC(=O)C(C)(C)C. The van der Waals surface area contributed by atoms with Crippen LogP contribution in [0.5, 0.6) is 0 Å². The van der Waals surface area contributed by atoms with Gasteiger partial charge in [0.05, 0.1) is 0 Å². The maximum absolute atomic E-state index is 11.8. The van der Waals surface area contributed by atoms with Crippen LogP contribution in [0.4, 0.5) is 0 Å². The average molecular weight is 234 g/mol. The van der Waals surface area contributed by atoms with Crippen LogP contribution in [0.3, 0.4) is 0 Å². The fourth-order valence-electron chi connectivity index (χ4n) is 1.56. The van der Waals surface area contributed by atoms with E-state index in [2.05, 4.69) is 24.1 Å². The quantitative estimate of drug-likeness (QED) is 0.873. The van der Waals surface area contributed by atoms with Gasteiger partial charge < -0.3 is 5.32 Å². The molecule has 0 saturated carbocycles. The summed E-state index contributed by atoms with van der Waals surface area (Å²) in [6.45, 7) is 10.5. The van der Waals surface area contributed by atoms with Gasteiger partial charge >= 0.3 is 0 Å². The molecule has 0 saturated heterocycles. The van der Waals surface area contributed by atoms with Gasteiger partial charge in [-0.2, -0.15) is 0 Å². The molecular formula is C14H22N2O. The van der Waals surface area contributed by atoms with E-state index in [0.717, 1.165) is 11.3 Å². The van der Waals surface area contributed by atoms with Crippen LogP contribution in [0.1, 0.15) is 51.8 Å². The number of pyridine rings is 1. The molecule has 0 aromatic carbocycles. The van der Waals surface area contributed by atoms with Crippen LogP contribution in [0.15, 0.2) is 18.3 Å². The average Bonchev–Trinajstić information content (AvgIpc) is 2.24. The summed E-state index contributed by atoms with van der Waals surface area (Å²) in [7, 11) is 0. The topological polar surface area (TPSA) is 42.0 Å². The summed E-state index contributed by atoms with van der Waals surface area (Å²) < 4.78 is 0. The first-order chi connectivity index (χ1) is 7.82. The van der Waals surface area contributed by atoms with E-state index in [1.807, 2.05) is 32.9 Å². The fraction of sp³-hybridized carbons (Fsp3) is 0.571. The maximum Gasteiger partial charge on any atom is 0.225 e. The third-order valence-corrected chi connectivity index (χ3v) is 2.59. The monoisotopic (exact) mass is 234 g/mol. The molecule has 1 aromatic heterocycles. The lowest BCUT2D eigenvalue weighted by molar-refractivity contribution is -0.128. The van der Waals surface area contributed by atoms with Crippen LogP contribution >= 0.6 is 0 Å². The van der Waals surface area contributed by atoms with Crippen LogP contribution in [-0.2, 0) is 11.3 Å². The minimum Gasteiger partial charge on any atom is -0.352 e. The van der Waals surface area contributed by atoms with Gasteiger partial charge in [0.15, 0.2) is 0 Å². The molecule has 1 aromatic rings. The number of hydrogen-bond acceptors (Lipinski definition) is 2. The van der Waals surface area contributed by atoms with Gasteiger partial charge in [0.25, 0.3) is 0 Å². The highest BCUT2D eigenvalue weighted by molar-refractivity contribution is 5.81. The zero-order valence-electron chi connectivity index (χ0n) is 11.4. The highest BCUT2D eigenvalue weighted by Crippen LogP contribution is 2.17. The molecule has 3 heteroatoms. The van der Waals surface area contributed by atoms with Crippen molar-refractivity contribution in [1.29, 1.82) is 0 Å². The van der Waals surface area contributed by atoms with E-state index < -0.39 is 0 Å². The summed E-state index contributed by atoms with van der Waals surface area (Å²) in [6, 6.07) is 3.93. The van der Waals surface area contributed by atoms with Crippen molar-refractivity contribution in [3.05, 3.63) is 29.6 Å². The van der Waals surface area contributed by atoms with Crippen molar-refractivity contribution in [3.63, 3.8) is 0 Å². The molecule has 0 radical (unpaired) electrons. The molecule has 3 nitrogen and oxygen atoms in total. The van der Waals surface area contributed by atoms with Crippen molar-refractivity contribution < 1.29 is 4.79 Å². The summed E-state index contributed by atoms with van der Waals surface area (Å²) in [5.74, 6) is 0.439. The van der Waals surface area contributed by atoms with E-state index in [-0.39, 0.29) is 11.3 Å². The second-order valence-electron chi connectivity index (χ2n) is 5.64. The van der Waals surface area contributed by atoms with E-state index in [4.69, 9.17) is 0 Å². The molecular weight excluding hydrogens is 212 g/mol. The number of aromatic nitrogens is 1. The first kappa shape index (κ1) is 13.7. The van der Waals surface area contributed by atoms with Crippen LogP contribution in [-0.4, -0.2) is 10.9 Å². The van der Waals surface area contributed by atoms with Gasteiger partial charge in [-0.1, -0.05) is 40.7 Å². The highest BCUT2D eigenvalue weighted by atomic mass is 16.2. The standard InChI is InChI=1S/C14H22N2O/c1-10(2)12-11(7-6-8-15-12)9-16-13(17)14(3,4)5/h6-8,10H,9H2,1-5H3,(H,16,17). The molecule has 1 amide bonds. The largest absolute Gasteiger partial charge is 0.352 e. The number of nitrogens with one attached hydrogen (secondary N) is 1. The fourth-order valence-corrected chi connectivity index (χ4v) is 1.56. The second-order valence-corrected chi connectivity index (χ2v) is 5.64. The van der Waals surface area contributed by atoms with Crippen LogP contribution in [0.2, 0.25) is 0 Å². The van der Waals surface area contributed by atoms with Crippen LogP contribution in [0.25, 0.3) is 0 Å². The van der Waals surface area contributed by atoms with Crippen molar-refractivity contribution in [2.24, 2.45) is 5.41 Å². The van der Waals surface area contributed by atoms with Gasteiger partial charge in [0, 0.05) is 23.9 Å². The molecule has 0 bridgehead atoms. The Bertz CT molecular complexity index is 391. The molecule has 1 rings (SSSR count). The second kappa shape index (κ2) is 5.30. The maximum atomic E-state index is 11.8. The predicted molar refractivity (Wildman–Crippen MR) is 69.6 cm³/mol. The number of carbonyl (C=O) groups excluding carboxylic acids is 1. The van der Waals surface area contributed by atoms with Crippen molar-refractivity contribution in [3.8, 4) is 0 Å². The molecule has 0 spiro atoms. The lowest BCUT2D eigenvalue weighted by Crippen LogP contribution is -2.34. The Morgan fingerprint density at radius 1 is 1.41 bits per heavy atom. The van der Waals surface area contributed by atoms with E-state index in [9.17, 15) is 4.79 Å². The first-order valence-corrected chi connectivity index (χ1v) is 6.04. The molecule has 0 aliphatic carbocycles. The summed E-state index contributed by atoms with van der Waals surface area (Å²) in [5.41, 5.74) is 1.81. The molecule has 0 fully saturated rings. The summed E-state index contributed by atoms with van der Waals surface area (Å²) in [6.07, 6.45) is 1.80. The van der Waals surface area contributed by atoms with E-state index >= 15 is 0 Å². The zero-order chi connectivity index (χ0) is 13.1. The number of nitrogens with zero attached hydrogens (tertiary/aromatic N) is 1. The molecule has 1 N–H and O–H groups in total. The first-order valence-electron chi connectivity index (χ1n) is 6.04. The van der Waals surface area contributed by atoms with E-state index in [0.29, 0.717) is 12.5 Å². The van der Waals surface area contributed by atoms with Crippen LogP contribution < -0.4 is 5.32 Å².